The Bertz CT molecular complexity index is 604. The Kier molecular flexibility index (Phi) is 1.98. The molecule has 2 aromatic rings. The molecule has 0 unspecified atom stereocenters. The largest absolute Gasteiger partial charge is 0.349 e. The van der Waals surface area contributed by atoms with E-state index in [1.807, 2.05) is 12.3 Å². The number of carbonyl (C=O) groups excluding carboxylic acids is 1. The Morgan fingerprint density at radius 2 is 2.00 bits per heavy atom. The van der Waals surface area contributed by atoms with Gasteiger partial charge in [-0.05, 0) is 18.9 Å². The highest BCUT2D eigenvalue weighted by molar-refractivity contribution is 5.90. The van der Waals surface area contributed by atoms with Gasteiger partial charge in [-0.25, -0.2) is 9.97 Å². The number of ketones is 1. The Hall–Kier alpha value is -1.91. The van der Waals surface area contributed by atoms with Crippen LogP contribution in [0.4, 0.5) is 5.82 Å². The molecule has 0 spiro atoms. The Balaban J connectivity index is 1.84. The van der Waals surface area contributed by atoms with E-state index in [2.05, 4.69) is 19.9 Å². The molecule has 2 saturated heterocycles. The molecule has 2 aliphatic rings. The van der Waals surface area contributed by atoms with Gasteiger partial charge in [0.15, 0.2) is 0 Å². The Labute approximate surface area is 104 Å². The summed E-state index contributed by atoms with van der Waals surface area (Å²) in [5, 5.41) is 1.06. The van der Waals surface area contributed by atoms with Crippen LogP contribution in [0, 0.1) is 0 Å². The number of nitrogens with zero attached hydrogens (tertiary/aromatic N) is 3. The van der Waals surface area contributed by atoms with Crippen molar-refractivity contribution in [1.29, 1.82) is 0 Å². The van der Waals surface area contributed by atoms with Gasteiger partial charge in [0.05, 0.1) is 5.39 Å². The van der Waals surface area contributed by atoms with Gasteiger partial charge in [-0.15, -0.1) is 0 Å². The van der Waals surface area contributed by atoms with E-state index in [4.69, 9.17) is 0 Å². The summed E-state index contributed by atoms with van der Waals surface area (Å²) in [7, 11) is 0. The maximum Gasteiger partial charge on any atom is 0.142 e. The number of rotatable bonds is 1. The molecule has 92 valence electrons. The lowest BCUT2D eigenvalue weighted by molar-refractivity contribution is -0.120. The van der Waals surface area contributed by atoms with Crippen molar-refractivity contribution in [3.05, 3.63) is 18.6 Å². The van der Waals surface area contributed by atoms with Crippen LogP contribution in [0.2, 0.25) is 0 Å². The van der Waals surface area contributed by atoms with Crippen LogP contribution in [0.15, 0.2) is 18.6 Å². The van der Waals surface area contributed by atoms with E-state index < -0.39 is 0 Å². The lowest BCUT2D eigenvalue weighted by atomic mass is 10.0. The number of hydrogen-bond acceptors (Lipinski definition) is 4. The van der Waals surface area contributed by atoms with Gasteiger partial charge in [-0.2, -0.15) is 0 Å². The second kappa shape index (κ2) is 3.54. The van der Waals surface area contributed by atoms with Gasteiger partial charge in [-0.3, -0.25) is 4.79 Å². The second-order valence-corrected chi connectivity index (χ2v) is 5.18. The number of piperidine rings is 1. The predicted molar refractivity (Wildman–Crippen MR) is 67.4 cm³/mol. The topological polar surface area (TPSA) is 61.9 Å². The number of fused-ring (bicyclic) bond motifs is 3. The molecule has 2 aliphatic heterocycles. The molecule has 2 atom stereocenters. The fourth-order valence-electron chi connectivity index (χ4n) is 3.38. The molecular weight excluding hydrogens is 228 g/mol. The number of aromatic amines is 1. The smallest absolute Gasteiger partial charge is 0.142 e. The van der Waals surface area contributed by atoms with Crippen molar-refractivity contribution >= 4 is 22.6 Å². The van der Waals surface area contributed by atoms with E-state index >= 15 is 0 Å². The summed E-state index contributed by atoms with van der Waals surface area (Å²) in [4.78, 5) is 25.8. The number of aromatic nitrogens is 3. The zero-order chi connectivity index (χ0) is 12.1. The number of carbonyl (C=O) groups is 1. The number of anilines is 1. The summed E-state index contributed by atoms with van der Waals surface area (Å²) >= 11 is 0. The number of Topliss-reactive ketones (excluding diaryl/α,β-unsaturated/α-hetero) is 1. The fourth-order valence-corrected chi connectivity index (χ4v) is 3.38. The van der Waals surface area contributed by atoms with Crippen LogP contribution >= 0.6 is 0 Å². The van der Waals surface area contributed by atoms with E-state index in [0.29, 0.717) is 30.7 Å². The monoisotopic (exact) mass is 242 g/mol. The quantitative estimate of drug-likeness (QED) is 0.826. The maximum absolute atomic E-state index is 11.6. The van der Waals surface area contributed by atoms with E-state index in [1.54, 1.807) is 6.33 Å². The molecule has 5 nitrogen and oxygen atoms in total. The standard InChI is InChI=1S/C13H14N4O/c18-10-5-8-1-2-9(6-10)17(8)13-11-3-4-14-12(11)15-7-16-13/h3-4,7-9H,1-2,5-6H2,(H,14,15,16)/t8-,9+. The summed E-state index contributed by atoms with van der Waals surface area (Å²) in [6, 6.07) is 2.69. The van der Waals surface area contributed by atoms with E-state index in [9.17, 15) is 4.79 Å². The maximum atomic E-state index is 11.6. The van der Waals surface area contributed by atoms with Crippen molar-refractivity contribution in [2.45, 2.75) is 37.8 Å². The molecule has 1 N–H and O–H groups in total. The first-order valence-electron chi connectivity index (χ1n) is 6.41. The summed E-state index contributed by atoms with van der Waals surface area (Å²) in [5.41, 5.74) is 0.872. The highest BCUT2D eigenvalue weighted by Gasteiger charge is 2.41. The van der Waals surface area contributed by atoms with Crippen molar-refractivity contribution < 1.29 is 4.79 Å². The van der Waals surface area contributed by atoms with Gasteiger partial charge >= 0.3 is 0 Å². The van der Waals surface area contributed by atoms with Crippen LogP contribution in [0.5, 0.6) is 0 Å². The molecule has 0 saturated carbocycles. The Morgan fingerprint density at radius 3 is 2.78 bits per heavy atom. The van der Waals surface area contributed by atoms with E-state index in [0.717, 1.165) is 29.7 Å². The minimum absolute atomic E-state index is 0.337. The van der Waals surface area contributed by atoms with Gasteiger partial charge in [0.25, 0.3) is 0 Å². The van der Waals surface area contributed by atoms with Crippen molar-refractivity contribution in [2.75, 3.05) is 4.90 Å². The van der Waals surface area contributed by atoms with Crippen LogP contribution in [0.1, 0.15) is 25.7 Å². The van der Waals surface area contributed by atoms with Gasteiger partial charge in [0, 0.05) is 31.1 Å². The van der Waals surface area contributed by atoms with Crippen LogP contribution < -0.4 is 4.90 Å². The molecule has 18 heavy (non-hydrogen) atoms. The average molecular weight is 242 g/mol. The molecule has 0 aliphatic carbocycles. The number of nitrogens with one attached hydrogen (secondary N) is 1. The third kappa shape index (κ3) is 1.30. The van der Waals surface area contributed by atoms with Gasteiger partial charge < -0.3 is 9.88 Å². The third-order valence-electron chi connectivity index (χ3n) is 4.12. The first-order chi connectivity index (χ1) is 8.83. The van der Waals surface area contributed by atoms with Crippen LogP contribution in [-0.4, -0.2) is 32.8 Å². The third-order valence-corrected chi connectivity index (χ3v) is 4.12. The summed E-state index contributed by atoms with van der Waals surface area (Å²) in [5.74, 6) is 1.39. The second-order valence-electron chi connectivity index (χ2n) is 5.18. The number of H-pyrrole nitrogens is 1. The fraction of sp³-hybridized carbons (Fsp3) is 0.462. The highest BCUT2D eigenvalue weighted by atomic mass is 16.1. The molecule has 0 aromatic carbocycles. The zero-order valence-corrected chi connectivity index (χ0v) is 9.97. The molecule has 2 aromatic heterocycles. The van der Waals surface area contributed by atoms with E-state index in [-0.39, 0.29) is 0 Å². The van der Waals surface area contributed by atoms with Gasteiger partial charge in [0.1, 0.15) is 23.6 Å². The average Bonchev–Trinajstić information content (AvgIpc) is 2.92. The van der Waals surface area contributed by atoms with Crippen molar-refractivity contribution in [3.8, 4) is 0 Å². The van der Waals surface area contributed by atoms with Gasteiger partial charge in [-0.1, -0.05) is 0 Å². The van der Waals surface area contributed by atoms with Crippen molar-refractivity contribution in [3.63, 3.8) is 0 Å². The van der Waals surface area contributed by atoms with Crippen molar-refractivity contribution in [1.82, 2.24) is 15.0 Å². The van der Waals surface area contributed by atoms with E-state index in [1.165, 1.54) is 0 Å². The predicted octanol–water partition coefficient (Wildman–Crippen LogP) is 1.66. The first-order valence-corrected chi connectivity index (χ1v) is 6.41. The summed E-state index contributed by atoms with van der Waals surface area (Å²) in [6.45, 7) is 0. The molecule has 4 heterocycles. The first kappa shape index (κ1) is 10.1. The van der Waals surface area contributed by atoms with Gasteiger partial charge in [0.2, 0.25) is 0 Å². The molecule has 0 radical (unpaired) electrons. The molecule has 5 heteroatoms. The molecular formula is C13H14N4O. The Morgan fingerprint density at radius 1 is 1.22 bits per heavy atom. The van der Waals surface area contributed by atoms with Crippen LogP contribution in [0.25, 0.3) is 11.0 Å². The minimum Gasteiger partial charge on any atom is -0.349 e. The van der Waals surface area contributed by atoms with Crippen LogP contribution in [0.3, 0.4) is 0 Å². The summed E-state index contributed by atoms with van der Waals surface area (Å²) in [6.07, 6.45) is 7.04. The minimum atomic E-state index is 0.337. The molecule has 4 rings (SSSR count). The lowest BCUT2D eigenvalue weighted by Gasteiger charge is -2.35. The molecule has 2 fully saturated rings. The molecule has 2 bridgehead atoms. The number of hydrogen-bond donors (Lipinski definition) is 1. The van der Waals surface area contributed by atoms with Crippen LogP contribution in [-0.2, 0) is 4.79 Å². The zero-order valence-electron chi connectivity index (χ0n) is 9.97. The normalized spacial score (nSPS) is 27.1. The molecule has 0 amide bonds. The summed E-state index contributed by atoms with van der Waals surface area (Å²) < 4.78 is 0. The van der Waals surface area contributed by atoms with Crippen molar-refractivity contribution in [2.24, 2.45) is 0 Å². The highest BCUT2D eigenvalue weighted by Crippen LogP contribution is 2.39. The lowest BCUT2D eigenvalue weighted by Crippen LogP contribution is -2.43. The SMILES string of the molecule is O=C1C[C@H]2CC[C@@H](C1)N2c1ncnc2[nH]ccc12.